The van der Waals surface area contributed by atoms with Crippen molar-refractivity contribution in [3.05, 3.63) is 47.7 Å². The van der Waals surface area contributed by atoms with Gasteiger partial charge in [-0.25, -0.2) is 9.59 Å². The van der Waals surface area contributed by atoms with Crippen LogP contribution in [0.2, 0.25) is 0 Å². The summed E-state index contributed by atoms with van der Waals surface area (Å²) in [6.45, 7) is 1.82. The molecule has 0 spiro atoms. The van der Waals surface area contributed by atoms with Crippen molar-refractivity contribution in [2.24, 2.45) is 5.92 Å². The van der Waals surface area contributed by atoms with E-state index in [1.54, 1.807) is 6.20 Å². The van der Waals surface area contributed by atoms with Gasteiger partial charge in [-0.3, -0.25) is 0 Å². The lowest BCUT2D eigenvalue weighted by Crippen LogP contribution is -2.54. The maximum absolute atomic E-state index is 12.3. The number of nitrogens with one attached hydrogen (secondary N) is 1. The Morgan fingerprint density at radius 2 is 1.86 bits per heavy atom. The fourth-order valence-corrected chi connectivity index (χ4v) is 2.69. The molecule has 1 aromatic carbocycles. The minimum Gasteiger partial charge on any atom is -0.467 e. The van der Waals surface area contributed by atoms with Gasteiger partial charge in [0.2, 0.25) is 0 Å². The van der Waals surface area contributed by atoms with E-state index < -0.39 is 17.5 Å². The predicted molar refractivity (Wildman–Crippen MR) is 77.3 cm³/mol. The van der Waals surface area contributed by atoms with E-state index in [4.69, 9.17) is 9.47 Å². The molecule has 0 unspecified atom stereocenters. The van der Waals surface area contributed by atoms with Crippen molar-refractivity contribution in [2.45, 2.75) is 18.9 Å². The molecule has 0 bridgehead atoms. The zero-order chi connectivity index (χ0) is 15.5. The van der Waals surface area contributed by atoms with Crippen LogP contribution < -0.4 is 5.32 Å². The molecule has 2 atom stereocenters. The molecule has 112 valence electrons. The van der Waals surface area contributed by atoms with E-state index in [0.29, 0.717) is 12.0 Å². The summed E-state index contributed by atoms with van der Waals surface area (Å²) < 4.78 is 9.72. The molecular formula is C16H19NO4. The minimum absolute atomic E-state index is 0.349. The van der Waals surface area contributed by atoms with Crippen LogP contribution in [0.5, 0.6) is 0 Å². The van der Waals surface area contributed by atoms with Crippen molar-refractivity contribution in [3.63, 3.8) is 0 Å². The summed E-state index contributed by atoms with van der Waals surface area (Å²) in [5, 5.41) is 3.05. The van der Waals surface area contributed by atoms with Gasteiger partial charge in [-0.2, -0.15) is 0 Å². The molecule has 1 aromatic rings. The molecule has 5 heteroatoms. The zero-order valence-electron chi connectivity index (χ0n) is 12.4. The lowest BCUT2D eigenvalue weighted by molar-refractivity contribution is -0.149. The van der Waals surface area contributed by atoms with Crippen LogP contribution in [0.15, 0.2) is 42.1 Å². The smallest absolute Gasteiger partial charge is 0.335 e. The Morgan fingerprint density at radius 3 is 2.43 bits per heavy atom. The number of hydrogen-bond acceptors (Lipinski definition) is 5. The molecule has 0 saturated carbocycles. The number of benzene rings is 1. The molecule has 1 N–H and O–H groups in total. The lowest BCUT2D eigenvalue weighted by Gasteiger charge is -2.32. The van der Waals surface area contributed by atoms with Gasteiger partial charge in [0, 0.05) is 18.5 Å². The van der Waals surface area contributed by atoms with E-state index in [0.717, 1.165) is 5.56 Å². The highest BCUT2D eigenvalue weighted by Crippen LogP contribution is 2.34. The Bertz CT molecular complexity index is 567. The van der Waals surface area contributed by atoms with Crippen molar-refractivity contribution in [3.8, 4) is 0 Å². The van der Waals surface area contributed by atoms with Crippen molar-refractivity contribution in [1.29, 1.82) is 0 Å². The molecule has 0 saturated heterocycles. The van der Waals surface area contributed by atoms with Crippen LogP contribution in [0, 0.1) is 5.92 Å². The number of hydrogen-bond donors (Lipinski definition) is 1. The highest BCUT2D eigenvalue weighted by Gasteiger charge is 2.50. The van der Waals surface area contributed by atoms with Crippen molar-refractivity contribution < 1.29 is 19.1 Å². The van der Waals surface area contributed by atoms with Crippen LogP contribution in [0.1, 0.15) is 12.5 Å². The summed E-state index contributed by atoms with van der Waals surface area (Å²) in [5.74, 6) is -1.18. The third-order valence-electron chi connectivity index (χ3n) is 3.99. The molecule has 0 amide bonds. The number of carbonyl (C=O) groups excluding carboxylic acids is 2. The predicted octanol–water partition coefficient (Wildman–Crippen LogP) is 1.44. The number of esters is 2. The van der Waals surface area contributed by atoms with Crippen LogP contribution in [0.4, 0.5) is 0 Å². The Labute approximate surface area is 123 Å². The zero-order valence-corrected chi connectivity index (χ0v) is 12.4. The molecular weight excluding hydrogens is 270 g/mol. The summed E-state index contributed by atoms with van der Waals surface area (Å²) >= 11 is 0. The molecule has 1 aliphatic rings. The monoisotopic (exact) mass is 289 g/mol. The van der Waals surface area contributed by atoms with Crippen molar-refractivity contribution in [2.75, 3.05) is 14.2 Å². The molecule has 1 aliphatic heterocycles. The minimum atomic E-state index is -0.986. The molecule has 2 rings (SSSR count). The highest BCUT2D eigenvalue weighted by molar-refractivity contribution is 5.94. The molecule has 1 heterocycles. The Morgan fingerprint density at radius 1 is 1.19 bits per heavy atom. The van der Waals surface area contributed by atoms with Crippen molar-refractivity contribution >= 4 is 11.9 Å². The fraction of sp³-hybridized carbons (Fsp3) is 0.375. The van der Waals surface area contributed by atoms with Gasteiger partial charge in [0.25, 0.3) is 0 Å². The molecule has 0 aromatic heterocycles. The maximum Gasteiger partial charge on any atom is 0.335 e. The van der Waals surface area contributed by atoms with E-state index in [2.05, 4.69) is 5.32 Å². The Hall–Kier alpha value is -2.30. The van der Waals surface area contributed by atoms with Gasteiger partial charge in [-0.15, -0.1) is 0 Å². The molecule has 5 nitrogen and oxygen atoms in total. The van der Waals surface area contributed by atoms with Crippen LogP contribution in [0.3, 0.4) is 0 Å². The molecule has 0 radical (unpaired) electrons. The van der Waals surface area contributed by atoms with Gasteiger partial charge in [-0.1, -0.05) is 37.3 Å². The first-order valence-electron chi connectivity index (χ1n) is 6.73. The van der Waals surface area contributed by atoms with E-state index >= 15 is 0 Å². The summed E-state index contributed by atoms with van der Waals surface area (Å²) in [5.41, 5.74) is 0.445. The van der Waals surface area contributed by atoms with Crippen LogP contribution in [-0.4, -0.2) is 31.7 Å². The quantitative estimate of drug-likeness (QED) is 0.850. The SMILES string of the molecule is COC(=O)C1=CN[C@](Cc2ccccc2)(C(=O)OC)[C@H]1C. The van der Waals surface area contributed by atoms with Crippen molar-refractivity contribution in [1.82, 2.24) is 5.32 Å². The first-order chi connectivity index (χ1) is 10.0. The first kappa shape index (κ1) is 15.1. The van der Waals surface area contributed by atoms with E-state index in [9.17, 15) is 9.59 Å². The topological polar surface area (TPSA) is 64.6 Å². The number of carbonyl (C=O) groups is 2. The number of ether oxygens (including phenoxy) is 2. The summed E-state index contributed by atoms with van der Waals surface area (Å²) in [6, 6.07) is 9.62. The second-order valence-corrected chi connectivity index (χ2v) is 5.08. The summed E-state index contributed by atoms with van der Waals surface area (Å²) in [7, 11) is 2.67. The lowest BCUT2D eigenvalue weighted by atomic mass is 9.78. The largest absolute Gasteiger partial charge is 0.467 e. The number of methoxy groups -OCH3 is 2. The molecule has 21 heavy (non-hydrogen) atoms. The van der Waals surface area contributed by atoms with E-state index in [1.165, 1.54) is 14.2 Å². The average molecular weight is 289 g/mol. The fourth-order valence-electron chi connectivity index (χ4n) is 2.69. The average Bonchev–Trinajstić information content (AvgIpc) is 2.85. The normalized spacial score (nSPS) is 24.0. The van der Waals surface area contributed by atoms with E-state index in [-0.39, 0.29) is 5.92 Å². The highest BCUT2D eigenvalue weighted by atomic mass is 16.5. The third-order valence-corrected chi connectivity index (χ3v) is 3.99. The van der Waals surface area contributed by atoms with Gasteiger partial charge in [0.1, 0.15) is 5.54 Å². The molecule has 0 aliphatic carbocycles. The third kappa shape index (κ3) is 2.63. The van der Waals surface area contributed by atoms with Gasteiger partial charge in [-0.05, 0) is 5.56 Å². The Kier molecular flexibility index (Phi) is 4.31. The van der Waals surface area contributed by atoms with Crippen LogP contribution >= 0.6 is 0 Å². The van der Waals surface area contributed by atoms with Crippen LogP contribution in [0.25, 0.3) is 0 Å². The standard InChI is InChI=1S/C16H19NO4/c1-11-13(14(18)20-2)10-17-16(11,15(19)21-3)9-12-7-5-4-6-8-12/h4-8,10-11,17H,9H2,1-3H3/t11-,16-/m0/s1. The van der Waals surface area contributed by atoms with Crippen LogP contribution in [-0.2, 0) is 25.5 Å². The maximum atomic E-state index is 12.3. The van der Waals surface area contributed by atoms with Gasteiger partial charge >= 0.3 is 11.9 Å². The Balaban J connectivity index is 2.33. The van der Waals surface area contributed by atoms with E-state index in [1.807, 2.05) is 37.3 Å². The summed E-state index contributed by atoms with van der Waals surface area (Å²) in [6.07, 6.45) is 1.98. The summed E-state index contributed by atoms with van der Waals surface area (Å²) in [4.78, 5) is 24.1. The van der Waals surface area contributed by atoms with Gasteiger partial charge in [0.05, 0.1) is 19.8 Å². The van der Waals surface area contributed by atoms with Gasteiger partial charge < -0.3 is 14.8 Å². The first-order valence-corrected chi connectivity index (χ1v) is 6.73. The molecule has 0 fully saturated rings. The second-order valence-electron chi connectivity index (χ2n) is 5.08. The number of rotatable bonds is 4. The second kappa shape index (κ2) is 5.99. The van der Waals surface area contributed by atoms with Gasteiger partial charge in [0.15, 0.2) is 0 Å².